The molecule has 0 fully saturated rings. The first-order valence-corrected chi connectivity index (χ1v) is 12.6. The highest BCUT2D eigenvalue weighted by Crippen LogP contribution is 2.50. The Morgan fingerprint density at radius 2 is 1.56 bits per heavy atom. The maximum Gasteiger partial charge on any atom is 0.510 e. The van der Waals surface area contributed by atoms with Crippen LogP contribution >= 0.6 is 7.82 Å². The molecule has 36 heavy (non-hydrogen) atoms. The van der Waals surface area contributed by atoms with Gasteiger partial charge in [-0.1, -0.05) is 0 Å². The highest BCUT2D eigenvalue weighted by Gasteiger charge is 2.29. The van der Waals surface area contributed by atoms with Gasteiger partial charge < -0.3 is 33.2 Å². The Balaban J connectivity index is 2.19. The van der Waals surface area contributed by atoms with Crippen LogP contribution in [0.1, 0.15) is 19.4 Å². The molecule has 1 aromatic heterocycles. The molecule has 1 aromatic carbocycles. The van der Waals surface area contributed by atoms with E-state index in [9.17, 15) is 14.2 Å². The molecule has 0 N–H and O–H groups in total. The van der Waals surface area contributed by atoms with Crippen LogP contribution in [-0.4, -0.2) is 76.3 Å². The molecule has 0 amide bonds. The van der Waals surface area contributed by atoms with E-state index in [1.54, 1.807) is 25.5 Å². The normalized spacial score (nSPS) is 11.5. The van der Waals surface area contributed by atoms with Crippen LogP contribution in [0.5, 0.6) is 5.75 Å². The molecule has 2 rings (SSSR count). The SMILES string of the molecule is CCOC(=O)OCOP(=O)(OCOC(=O)OCC)OCn1cc(CCN(C)C)c2ccc(OC)cc21. The van der Waals surface area contributed by atoms with Gasteiger partial charge in [-0.15, -0.1) is 0 Å². The van der Waals surface area contributed by atoms with E-state index < -0.39 is 33.7 Å². The van der Waals surface area contributed by atoms with Crippen molar-refractivity contribution < 1.29 is 51.4 Å². The average Bonchev–Trinajstić information content (AvgIpc) is 3.18. The minimum Gasteiger partial charge on any atom is -0.497 e. The van der Waals surface area contributed by atoms with Gasteiger partial charge in [0.2, 0.25) is 13.6 Å². The zero-order valence-electron chi connectivity index (χ0n) is 21.1. The van der Waals surface area contributed by atoms with Crippen LogP contribution in [0.2, 0.25) is 0 Å². The Kier molecular flexibility index (Phi) is 12.0. The van der Waals surface area contributed by atoms with Crippen molar-refractivity contribution in [2.45, 2.75) is 27.0 Å². The number of benzene rings is 1. The van der Waals surface area contributed by atoms with Crippen molar-refractivity contribution in [1.29, 1.82) is 0 Å². The lowest BCUT2D eigenvalue weighted by atomic mass is 10.1. The fourth-order valence-electron chi connectivity index (χ4n) is 2.97. The highest BCUT2D eigenvalue weighted by molar-refractivity contribution is 7.48. The fraction of sp³-hybridized carbons (Fsp3) is 0.545. The van der Waals surface area contributed by atoms with E-state index in [0.29, 0.717) is 5.75 Å². The van der Waals surface area contributed by atoms with Crippen molar-refractivity contribution in [2.24, 2.45) is 0 Å². The maximum absolute atomic E-state index is 13.2. The number of fused-ring (bicyclic) bond motifs is 1. The molecule has 0 bridgehead atoms. The van der Waals surface area contributed by atoms with Crippen LogP contribution in [0, 0.1) is 0 Å². The number of hydrogen-bond donors (Lipinski definition) is 0. The van der Waals surface area contributed by atoms with Gasteiger partial charge >= 0.3 is 20.1 Å². The first kappa shape index (κ1) is 29.4. The van der Waals surface area contributed by atoms with Gasteiger partial charge in [-0.05, 0) is 52.1 Å². The number of nitrogens with zero attached hydrogens (tertiary/aromatic N) is 2. The standard InChI is InChI=1S/C22H33N2O11P/c1-6-29-21(25)31-15-34-36(27,35-16-32-22(26)30-7-2)33-14-24-13-17(10-11-23(3)4)19-9-8-18(28-5)12-20(19)24/h8-9,12-13H,6-7,10-11,14-16H2,1-5H3. The van der Waals surface area contributed by atoms with E-state index in [0.717, 1.165) is 29.4 Å². The van der Waals surface area contributed by atoms with Crippen molar-refractivity contribution in [1.82, 2.24) is 9.47 Å². The highest BCUT2D eigenvalue weighted by atomic mass is 31.2. The topological polar surface area (TPSA) is 133 Å². The zero-order valence-corrected chi connectivity index (χ0v) is 22.0. The Morgan fingerprint density at radius 1 is 0.944 bits per heavy atom. The lowest BCUT2D eigenvalue weighted by molar-refractivity contribution is -0.0410. The van der Waals surface area contributed by atoms with Gasteiger partial charge in [-0.25, -0.2) is 23.2 Å². The van der Waals surface area contributed by atoms with E-state index in [-0.39, 0.29) is 19.9 Å². The second kappa shape index (κ2) is 14.7. The smallest absolute Gasteiger partial charge is 0.497 e. The van der Waals surface area contributed by atoms with Crippen molar-refractivity contribution >= 4 is 31.0 Å². The summed E-state index contributed by atoms with van der Waals surface area (Å²) in [5.41, 5.74) is 1.80. The molecule has 1 heterocycles. The molecule has 0 unspecified atom stereocenters. The number of ether oxygens (including phenoxy) is 5. The number of carbonyl (C=O) groups excluding carboxylic acids is 2. The van der Waals surface area contributed by atoms with E-state index >= 15 is 0 Å². The van der Waals surface area contributed by atoms with Crippen LogP contribution in [0.4, 0.5) is 9.59 Å². The number of phosphoric ester groups is 1. The third-order valence-corrected chi connectivity index (χ3v) is 5.93. The summed E-state index contributed by atoms with van der Waals surface area (Å²) in [5, 5.41) is 0.967. The van der Waals surface area contributed by atoms with E-state index in [1.165, 1.54) is 0 Å². The van der Waals surface area contributed by atoms with Gasteiger partial charge in [0.15, 0.2) is 0 Å². The zero-order chi connectivity index (χ0) is 26.6. The predicted octanol–water partition coefficient (Wildman–Crippen LogP) is 4.13. The summed E-state index contributed by atoms with van der Waals surface area (Å²) in [6.07, 6.45) is 0.567. The molecule has 0 aliphatic heterocycles. The Morgan fingerprint density at radius 3 is 2.08 bits per heavy atom. The Labute approximate surface area is 209 Å². The number of phosphoric acid groups is 1. The Hall–Kier alpha value is -2.83. The second-order valence-electron chi connectivity index (χ2n) is 7.41. The van der Waals surface area contributed by atoms with Gasteiger partial charge in [0.25, 0.3) is 0 Å². The quantitative estimate of drug-likeness (QED) is 0.185. The molecular weight excluding hydrogens is 499 g/mol. The average molecular weight is 532 g/mol. The maximum atomic E-state index is 13.2. The van der Waals surface area contributed by atoms with E-state index in [1.807, 2.05) is 38.5 Å². The number of likely N-dealkylation sites (N-methyl/N-ethyl adjacent to an activating group) is 1. The predicted molar refractivity (Wildman–Crippen MR) is 128 cm³/mol. The van der Waals surface area contributed by atoms with E-state index in [4.69, 9.17) is 18.3 Å². The van der Waals surface area contributed by atoms with Crippen molar-refractivity contribution in [3.05, 3.63) is 30.0 Å². The lowest BCUT2D eigenvalue weighted by Gasteiger charge is -2.18. The molecule has 14 heteroatoms. The third kappa shape index (κ3) is 9.32. The first-order chi connectivity index (χ1) is 17.2. The molecule has 0 saturated carbocycles. The molecule has 0 spiro atoms. The van der Waals surface area contributed by atoms with Gasteiger partial charge in [-0.3, -0.25) is 4.52 Å². The number of carbonyl (C=O) groups is 2. The fourth-order valence-corrected chi connectivity index (χ4v) is 3.82. The summed E-state index contributed by atoms with van der Waals surface area (Å²) in [4.78, 5) is 24.9. The summed E-state index contributed by atoms with van der Waals surface area (Å²) in [5.74, 6) is 0.627. The molecule has 0 aliphatic carbocycles. The largest absolute Gasteiger partial charge is 0.510 e. The Bertz CT molecular complexity index is 1010. The lowest BCUT2D eigenvalue weighted by Crippen LogP contribution is -2.15. The minimum atomic E-state index is -4.38. The molecule has 2 aromatic rings. The summed E-state index contributed by atoms with van der Waals surface area (Å²) in [6, 6.07) is 5.60. The van der Waals surface area contributed by atoms with Crippen LogP contribution in [0.3, 0.4) is 0 Å². The number of methoxy groups -OCH3 is 1. The van der Waals surface area contributed by atoms with Gasteiger partial charge in [0, 0.05) is 24.2 Å². The molecule has 0 radical (unpaired) electrons. The first-order valence-electron chi connectivity index (χ1n) is 11.1. The second-order valence-corrected chi connectivity index (χ2v) is 9.08. The van der Waals surface area contributed by atoms with Crippen molar-refractivity contribution in [2.75, 3.05) is 54.5 Å². The van der Waals surface area contributed by atoms with E-state index in [2.05, 4.69) is 23.8 Å². The molecule has 0 atom stereocenters. The van der Waals surface area contributed by atoms with Gasteiger partial charge in [0.05, 0.1) is 25.8 Å². The minimum absolute atomic E-state index is 0.0806. The number of aromatic nitrogens is 1. The molecule has 0 saturated heterocycles. The molecular formula is C22H33N2O11P. The van der Waals surface area contributed by atoms with Crippen molar-refractivity contribution in [3.8, 4) is 5.75 Å². The number of rotatable bonds is 15. The number of hydrogen-bond acceptors (Lipinski definition) is 12. The van der Waals surface area contributed by atoms with Crippen LogP contribution in [-0.2, 0) is 50.2 Å². The van der Waals surface area contributed by atoms with Gasteiger partial charge in [0.1, 0.15) is 12.5 Å². The molecule has 0 aliphatic rings. The third-order valence-electron chi connectivity index (χ3n) is 4.65. The summed E-state index contributed by atoms with van der Waals surface area (Å²) in [6.45, 7) is 2.32. The summed E-state index contributed by atoms with van der Waals surface area (Å²) in [7, 11) is 1.14. The molecule has 202 valence electrons. The molecule has 13 nitrogen and oxygen atoms in total. The van der Waals surface area contributed by atoms with Crippen LogP contribution in [0.25, 0.3) is 10.9 Å². The van der Waals surface area contributed by atoms with Crippen molar-refractivity contribution in [3.63, 3.8) is 0 Å². The van der Waals surface area contributed by atoms with Crippen LogP contribution < -0.4 is 4.74 Å². The summed E-state index contributed by atoms with van der Waals surface area (Å²) >= 11 is 0. The van der Waals surface area contributed by atoms with Gasteiger partial charge in [-0.2, -0.15) is 0 Å². The van der Waals surface area contributed by atoms with Crippen LogP contribution in [0.15, 0.2) is 24.4 Å². The summed E-state index contributed by atoms with van der Waals surface area (Å²) < 4.78 is 54.4. The monoisotopic (exact) mass is 532 g/mol.